The zero-order valence-electron chi connectivity index (χ0n) is 10.8. The standard InChI is InChI=1S/C12H21ClN2O2/c1-9(2)15(10(3)16)11-4-6-14(7-5-11)12(17)8-13/h9,11H,4-8H2,1-3H3. The van der Waals surface area contributed by atoms with Gasteiger partial charge in [-0.25, -0.2) is 0 Å². The fourth-order valence-corrected chi connectivity index (χ4v) is 2.69. The van der Waals surface area contributed by atoms with Crippen LogP contribution in [-0.4, -0.2) is 52.7 Å². The van der Waals surface area contributed by atoms with Crippen molar-refractivity contribution in [3.8, 4) is 0 Å². The second-order valence-electron chi connectivity index (χ2n) is 4.77. The summed E-state index contributed by atoms with van der Waals surface area (Å²) in [6, 6.07) is 0.472. The SMILES string of the molecule is CC(=O)N(C(C)C)C1CCN(C(=O)CCl)CC1. The minimum absolute atomic E-state index is 0.0101. The van der Waals surface area contributed by atoms with Gasteiger partial charge in [-0.3, -0.25) is 9.59 Å². The van der Waals surface area contributed by atoms with Crippen molar-refractivity contribution in [2.75, 3.05) is 19.0 Å². The molecule has 98 valence electrons. The van der Waals surface area contributed by atoms with Crippen LogP contribution in [0.5, 0.6) is 0 Å². The highest BCUT2D eigenvalue weighted by Crippen LogP contribution is 2.19. The maximum absolute atomic E-state index is 11.6. The van der Waals surface area contributed by atoms with Crippen molar-refractivity contribution in [3.05, 3.63) is 0 Å². The van der Waals surface area contributed by atoms with Crippen molar-refractivity contribution in [1.29, 1.82) is 0 Å². The van der Waals surface area contributed by atoms with E-state index in [4.69, 9.17) is 11.6 Å². The minimum atomic E-state index is -0.0101. The summed E-state index contributed by atoms with van der Waals surface area (Å²) >= 11 is 5.53. The average Bonchev–Trinajstić information content (AvgIpc) is 2.28. The maximum Gasteiger partial charge on any atom is 0.237 e. The van der Waals surface area contributed by atoms with Gasteiger partial charge in [0.2, 0.25) is 11.8 Å². The van der Waals surface area contributed by atoms with Gasteiger partial charge in [-0.1, -0.05) is 0 Å². The molecule has 2 amide bonds. The lowest BCUT2D eigenvalue weighted by molar-refractivity contribution is -0.135. The molecule has 1 aliphatic heterocycles. The number of alkyl halides is 1. The van der Waals surface area contributed by atoms with Crippen LogP contribution in [0.25, 0.3) is 0 Å². The smallest absolute Gasteiger partial charge is 0.237 e. The molecule has 0 saturated carbocycles. The van der Waals surface area contributed by atoms with Gasteiger partial charge in [0.15, 0.2) is 0 Å². The number of nitrogens with zero attached hydrogens (tertiary/aromatic N) is 2. The first kappa shape index (κ1) is 14.3. The van der Waals surface area contributed by atoms with E-state index >= 15 is 0 Å². The summed E-state index contributed by atoms with van der Waals surface area (Å²) < 4.78 is 0. The topological polar surface area (TPSA) is 40.6 Å². The molecule has 0 aromatic carbocycles. The first-order valence-electron chi connectivity index (χ1n) is 6.10. The normalized spacial score (nSPS) is 17.4. The van der Waals surface area contributed by atoms with E-state index in [1.54, 1.807) is 11.8 Å². The van der Waals surface area contributed by atoms with Gasteiger partial charge in [-0.05, 0) is 26.7 Å². The van der Waals surface area contributed by atoms with Crippen LogP contribution in [0.1, 0.15) is 33.6 Å². The first-order valence-corrected chi connectivity index (χ1v) is 6.63. The lowest BCUT2D eigenvalue weighted by Crippen LogP contribution is -2.50. The molecule has 0 aliphatic carbocycles. The molecule has 0 N–H and O–H groups in total. The maximum atomic E-state index is 11.6. The van der Waals surface area contributed by atoms with E-state index in [0.29, 0.717) is 13.1 Å². The molecule has 0 aromatic rings. The Morgan fingerprint density at radius 3 is 2.24 bits per heavy atom. The molecular weight excluding hydrogens is 240 g/mol. The average molecular weight is 261 g/mol. The third-order valence-electron chi connectivity index (χ3n) is 3.24. The number of halogens is 1. The third-order valence-corrected chi connectivity index (χ3v) is 3.47. The molecule has 0 unspecified atom stereocenters. The summed E-state index contributed by atoms with van der Waals surface area (Å²) in [5, 5.41) is 0. The number of hydrogen-bond donors (Lipinski definition) is 0. The van der Waals surface area contributed by atoms with Gasteiger partial charge in [-0.2, -0.15) is 0 Å². The Balaban J connectivity index is 2.56. The lowest BCUT2D eigenvalue weighted by atomic mass is 10.0. The summed E-state index contributed by atoms with van der Waals surface area (Å²) in [7, 11) is 0. The zero-order chi connectivity index (χ0) is 13.0. The van der Waals surface area contributed by atoms with Gasteiger partial charge in [0.1, 0.15) is 5.88 Å². The van der Waals surface area contributed by atoms with Crippen molar-refractivity contribution >= 4 is 23.4 Å². The molecule has 0 radical (unpaired) electrons. The van der Waals surface area contributed by atoms with Crippen LogP contribution in [-0.2, 0) is 9.59 Å². The van der Waals surface area contributed by atoms with E-state index in [-0.39, 0.29) is 29.8 Å². The highest BCUT2D eigenvalue weighted by Gasteiger charge is 2.29. The van der Waals surface area contributed by atoms with Gasteiger partial charge < -0.3 is 9.80 Å². The Bertz CT molecular complexity index is 286. The van der Waals surface area contributed by atoms with Crippen LogP contribution in [0.2, 0.25) is 0 Å². The summed E-state index contributed by atoms with van der Waals surface area (Å²) in [4.78, 5) is 26.7. The number of likely N-dealkylation sites (tertiary alicyclic amines) is 1. The molecule has 0 aromatic heterocycles. The van der Waals surface area contributed by atoms with Crippen LogP contribution in [0.15, 0.2) is 0 Å². The van der Waals surface area contributed by atoms with Crippen LogP contribution in [0.4, 0.5) is 0 Å². The summed E-state index contributed by atoms with van der Waals surface area (Å²) in [5.41, 5.74) is 0. The van der Waals surface area contributed by atoms with Gasteiger partial charge in [0.05, 0.1) is 0 Å². The second kappa shape index (κ2) is 6.24. The van der Waals surface area contributed by atoms with Gasteiger partial charge in [0, 0.05) is 32.1 Å². The quantitative estimate of drug-likeness (QED) is 0.721. The van der Waals surface area contributed by atoms with Crippen LogP contribution in [0, 0.1) is 0 Å². The van der Waals surface area contributed by atoms with Gasteiger partial charge in [0.25, 0.3) is 0 Å². The van der Waals surface area contributed by atoms with Crippen LogP contribution in [0.3, 0.4) is 0 Å². The Labute approximate surface area is 108 Å². The van der Waals surface area contributed by atoms with Crippen LogP contribution < -0.4 is 0 Å². The highest BCUT2D eigenvalue weighted by molar-refractivity contribution is 6.27. The van der Waals surface area contributed by atoms with E-state index in [1.807, 2.05) is 18.7 Å². The Kier molecular flexibility index (Phi) is 5.25. The summed E-state index contributed by atoms with van der Waals surface area (Å²) in [5.74, 6) is 0.150. The van der Waals surface area contributed by atoms with Crippen molar-refractivity contribution in [3.63, 3.8) is 0 Å². The molecule has 4 nitrogen and oxygen atoms in total. The molecule has 1 aliphatic rings. The van der Waals surface area contributed by atoms with E-state index < -0.39 is 0 Å². The molecule has 1 rings (SSSR count). The van der Waals surface area contributed by atoms with E-state index in [9.17, 15) is 9.59 Å². The number of carbonyl (C=O) groups excluding carboxylic acids is 2. The number of piperidine rings is 1. The molecule has 1 fully saturated rings. The predicted octanol–water partition coefficient (Wildman–Crippen LogP) is 1.47. The molecule has 0 spiro atoms. The van der Waals surface area contributed by atoms with Crippen molar-refractivity contribution < 1.29 is 9.59 Å². The summed E-state index contributed by atoms with van der Waals surface area (Å²) in [6.07, 6.45) is 1.70. The van der Waals surface area contributed by atoms with Crippen molar-refractivity contribution in [2.45, 2.75) is 45.7 Å². The molecule has 0 bridgehead atoms. The van der Waals surface area contributed by atoms with E-state index in [2.05, 4.69) is 0 Å². The van der Waals surface area contributed by atoms with Gasteiger partial charge >= 0.3 is 0 Å². The number of hydrogen-bond acceptors (Lipinski definition) is 2. The Hall–Kier alpha value is -0.770. The molecule has 1 heterocycles. The molecule has 17 heavy (non-hydrogen) atoms. The minimum Gasteiger partial charge on any atom is -0.342 e. The largest absolute Gasteiger partial charge is 0.342 e. The zero-order valence-corrected chi connectivity index (χ0v) is 11.5. The number of rotatable bonds is 3. The number of amides is 2. The van der Waals surface area contributed by atoms with E-state index in [1.165, 1.54) is 0 Å². The predicted molar refractivity (Wildman–Crippen MR) is 68.0 cm³/mol. The Morgan fingerprint density at radius 2 is 1.88 bits per heavy atom. The fraction of sp³-hybridized carbons (Fsp3) is 0.833. The third kappa shape index (κ3) is 3.60. The lowest BCUT2D eigenvalue weighted by Gasteiger charge is -2.40. The van der Waals surface area contributed by atoms with Crippen molar-refractivity contribution in [2.24, 2.45) is 0 Å². The molecule has 1 saturated heterocycles. The van der Waals surface area contributed by atoms with Crippen LogP contribution >= 0.6 is 11.6 Å². The monoisotopic (exact) mass is 260 g/mol. The Morgan fingerprint density at radius 1 is 1.35 bits per heavy atom. The molecule has 0 atom stereocenters. The van der Waals surface area contributed by atoms with Gasteiger partial charge in [-0.15, -0.1) is 11.6 Å². The molecule has 5 heteroatoms. The fourth-order valence-electron chi connectivity index (χ4n) is 2.52. The first-order chi connectivity index (χ1) is 7.97. The summed E-state index contributed by atoms with van der Waals surface area (Å²) in [6.45, 7) is 7.06. The highest BCUT2D eigenvalue weighted by atomic mass is 35.5. The second-order valence-corrected chi connectivity index (χ2v) is 5.03. The molecular formula is C12H21ClN2O2. The van der Waals surface area contributed by atoms with E-state index in [0.717, 1.165) is 12.8 Å². The van der Waals surface area contributed by atoms with Crippen molar-refractivity contribution in [1.82, 2.24) is 9.80 Å². The number of carbonyl (C=O) groups is 2.